The van der Waals surface area contributed by atoms with E-state index in [0.29, 0.717) is 0 Å². The van der Waals surface area contributed by atoms with E-state index < -0.39 is 0 Å². The van der Waals surface area contributed by atoms with Crippen molar-refractivity contribution < 1.29 is 0 Å². The minimum Gasteiger partial charge on any atom is -0.310 e. The van der Waals surface area contributed by atoms with Gasteiger partial charge in [0.15, 0.2) is 0 Å². The number of rotatable bonds is 3. The van der Waals surface area contributed by atoms with E-state index in [1.165, 1.54) is 41.3 Å². The SMILES string of the molecule is Clc1ccc2c(CNC3CCCC3)csc2c1. The Bertz CT molecular complexity index is 514. The Hall–Kier alpha value is -0.570. The maximum atomic E-state index is 6.00. The average Bonchev–Trinajstić information content (AvgIpc) is 2.94. The van der Waals surface area contributed by atoms with Crippen LogP contribution in [0.1, 0.15) is 31.2 Å². The molecule has 0 spiro atoms. The Balaban J connectivity index is 1.76. The van der Waals surface area contributed by atoms with E-state index in [4.69, 9.17) is 11.6 Å². The van der Waals surface area contributed by atoms with Gasteiger partial charge in [-0.1, -0.05) is 30.5 Å². The largest absolute Gasteiger partial charge is 0.310 e. The first-order valence-electron chi connectivity index (χ1n) is 6.22. The normalized spacial score (nSPS) is 17.0. The molecule has 0 amide bonds. The van der Waals surface area contributed by atoms with Gasteiger partial charge < -0.3 is 5.32 Å². The fourth-order valence-electron chi connectivity index (χ4n) is 2.58. The quantitative estimate of drug-likeness (QED) is 0.856. The van der Waals surface area contributed by atoms with Crippen LogP contribution in [-0.4, -0.2) is 6.04 Å². The molecule has 1 aromatic heterocycles. The summed E-state index contributed by atoms with van der Waals surface area (Å²) in [6.45, 7) is 0.992. The van der Waals surface area contributed by atoms with Gasteiger partial charge in [-0.25, -0.2) is 0 Å². The van der Waals surface area contributed by atoms with Crippen molar-refractivity contribution >= 4 is 33.0 Å². The van der Waals surface area contributed by atoms with Crippen molar-refractivity contribution in [1.29, 1.82) is 0 Å². The van der Waals surface area contributed by atoms with Gasteiger partial charge in [0.2, 0.25) is 0 Å². The summed E-state index contributed by atoms with van der Waals surface area (Å²) in [5.41, 5.74) is 1.41. The van der Waals surface area contributed by atoms with Crippen molar-refractivity contribution in [2.24, 2.45) is 0 Å². The highest BCUT2D eigenvalue weighted by atomic mass is 35.5. The van der Waals surface area contributed by atoms with E-state index in [1.54, 1.807) is 11.3 Å². The molecule has 1 N–H and O–H groups in total. The molecule has 0 unspecified atom stereocenters. The zero-order chi connectivity index (χ0) is 11.7. The van der Waals surface area contributed by atoms with E-state index in [1.807, 2.05) is 6.07 Å². The van der Waals surface area contributed by atoms with Crippen LogP contribution >= 0.6 is 22.9 Å². The topological polar surface area (TPSA) is 12.0 Å². The number of benzene rings is 1. The molecule has 1 nitrogen and oxygen atoms in total. The number of hydrogen-bond acceptors (Lipinski definition) is 2. The van der Waals surface area contributed by atoms with Gasteiger partial charge in [-0.2, -0.15) is 0 Å². The van der Waals surface area contributed by atoms with Crippen LogP contribution in [0.4, 0.5) is 0 Å². The van der Waals surface area contributed by atoms with Crippen molar-refractivity contribution in [3.63, 3.8) is 0 Å². The summed E-state index contributed by atoms with van der Waals surface area (Å²) in [6.07, 6.45) is 5.46. The van der Waals surface area contributed by atoms with Crippen molar-refractivity contribution in [3.8, 4) is 0 Å². The van der Waals surface area contributed by atoms with Gasteiger partial charge in [0.1, 0.15) is 0 Å². The second-order valence-corrected chi connectivity index (χ2v) is 6.11. The molecule has 90 valence electrons. The standard InChI is InChI=1S/C14H16ClNS/c15-11-5-6-13-10(9-17-14(13)7-11)8-16-12-3-1-2-4-12/h5-7,9,12,16H,1-4,8H2. The minimum absolute atomic E-state index is 0.734. The molecule has 2 aromatic rings. The third-order valence-corrected chi connectivity index (χ3v) is 4.78. The van der Waals surface area contributed by atoms with Crippen LogP contribution in [0.5, 0.6) is 0 Å². The van der Waals surface area contributed by atoms with Gasteiger partial charge in [0, 0.05) is 22.3 Å². The maximum Gasteiger partial charge on any atom is 0.0420 e. The van der Waals surface area contributed by atoms with Crippen molar-refractivity contribution in [3.05, 3.63) is 34.2 Å². The zero-order valence-electron chi connectivity index (χ0n) is 9.71. The molecule has 1 aliphatic rings. The van der Waals surface area contributed by atoms with Gasteiger partial charge in [-0.15, -0.1) is 11.3 Å². The first kappa shape index (κ1) is 11.5. The summed E-state index contributed by atoms with van der Waals surface area (Å²) in [5.74, 6) is 0. The van der Waals surface area contributed by atoms with Gasteiger partial charge in [-0.05, 0) is 41.3 Å². The third-order valence-electron chi connectivity index (χ3n) is 3.55. The molecule has 3 rings (SSSR count). The molecule has 1 saturated carbocycles. The van der Waals surface area contributed by atoms with Gasteiger partial charge in [0.25, 0.3) is 0 Å². The second kappa shape index (κ2) is 4.97. The van der Waals surface area contributed by atoms with E-state index >= 15 is 0 Å². The van der Waals surface area contributed by atoms with Crippen LogP contribution in [-0.2, 0) is 6.54 Å². The Morgan fingerprint density at radius 3 is 2.94 bits per heavy atom. The lowest BCUT2D eigenvalue weighted by molar-refractivity contribution is 0.526. The lowest BCUT2D eigenvalue weighted by atomic mass is 10.1. The van der Waals surface area contributed by atoms with Crippen LogP contribution in [0.2, 0.25) is 5.02 Å². The molecule has 0 aliphatic heterocycles. The predicted octanol–water partition coefficient (Wildman–Crippen LogP) is 4.59. The van der Waals surface area contributed by atoms with Crippen LogP contribution in [0, 0.1) is 0 Å². The molecule has 1 aliphatic carbocycles. The zero-order valence-corrected chi connectivity index (χ0v) is 11.3. The van der Waals surface area contributed by atoms with Crippen molar-refractivity contribution in [2.75, 3.05) is 0 Å². The first-order valence-corrected chi connectivity index (χ1v) is 7.48. The number of hydrogen-bond donors (Lipinski definition) is 1. The highest BCUT2D eigenvalue weighted by Crippen LogP contribution is 2.29. The summed E-state index contributed by atoms with van der Waals surface area (Å²) in [7, 11) is 0. The molecular formula is C14H16ClNS. The molecule has 0 bridgehead atoms. The Kier molecular flexibility index (Phi) is 3.37. The minimum atomic E-state index is 0.734. The van der Waals surface area contributed by atoms with Crippen molar-refractivity contribution in [2.45, 2.75) is 38.3 Å². The summed E-state index contributed by atoms with van der Waals surface area (Å²) in [4.78, 5) is 0. The number of nitrogens with one attached hydrogen (secondary N) is 1. The Labute approximate surface area is 111 Å². The average molecular weight is 266 g/mol. The van der Waals surface area contributed by atoms with E-state index in [0.717, 1.165) is 17.6 Å². The molecule has 0 saturated heterocycles. The predicted molar refractivity (Wildman–Crippen MR) is 75.9 cm³/mol. The van der Waals surface area contributed by atoms with E-state index in [-0.39, 0.29) is 0 Å². The molecule has 17 heavy (non-hydrogen) atoms. The molecular weight excluding hydrogens is 250 g/mol. The van der Waals surface area contributed by atoms with Crippen LogP contribution in [0.25, 0.3) is 10.1 Å². The monoisotopic (exact) mass is 265 g/mol. The third kappa shape index (κ3) is 2.49. The fourth-order valence-corrected chi connectivity index (χ4v) is 3.82. The molecule has 1 aromatic carbocycles. The molecule has 1 fully saturated rings. The lowest BCUT2D eigenvalue weighted by Gasteiger charge is -2.10. The molecule has 3 heteroatoms. The van der Waals surface area contributed by atoms with E-state index in [2.05, 4.69) is 22.8 Å². The highest BCUT2D eigenvalue weighted by molar-refractivity contribution is 7.17. The van der Waals surface area contributed by atoms with E-state index in [9.17, 15) is 0 Å². The van der Waals surface area contributed by atoms with Crippen LogP contribution in [0.15, 0.2) is 23.6 Å². The maximum absolute atomic E-state index is 6.00. The Morgan fingerprint density at radius 1 is 1.29 bits per heavy atom. The lowest BCUT2D eigenvalue weighted by Crippen LogP contribution is -2.25. The molecule has 1 heterocycles. The number of halogens is 1. The molecule has 0 atom stereocenters. The van der Waals surface area contributed by atoms with Gasteiger partial charge >= 0.3 is 0 Å². The summed E-state index contributed by atoms with van der Waals surface area (Å²) < 4.78 is 1.29. The number of thiophene rings is 1. The summed E-state index contributed by atoms with van der Waals surface area (Å²) >= 11 is 7.79. The Morgan fingerprint density at radius 2 is 2.12 bits per heavy atom. The fraction of sp³-hybridized carbons (Fsp3) is 0.429. The smallest absolute Gasteiger partial charge is 0.0420 e. The van der Waals surface area contributed by atoms with Gasteiger partial charge in [0.05, 0.1) is 0 Å². The first-order chi connectivity index (χ1) is 8.33. The summed E-state index contributed by atoms with van der Waals surface area (Å²) in [6, 6.07) is 6.91. The summed E-state index contributed by atoms with van der Waals surface area (Å²) in [5, 5.41) is 8.10. The highest BCUT2D eigenvalue weighted by Gasteiger charge is 2.14. The molecule has 0 radical (unpaired) electrons. The van der Waals surface area contributed by atoms with Crippen molar-refractivity contribution in [1.82, 2.24) is 5.32 Å². The second-order valence-electron chi connectivity index (χ2n) is 4.76. The van der Waals surface area contributed by atoms with Crippen LogP contribution < -0.4 is 5.32 Å². The van der Waals surface area contributed by atoms with Crippen LogP contribution in [0.3, 0.4) is 0 Å². The number of fused-ring (bicyclic) bond motifs is 1. The van der Waals surface area contributed by atoms with Gasteiger partial charge in [-0.3, -0.25) is 0 Å².